The van der Waals surface area contributed by atoms with E-state index in [0.717, 1.165) is 31.6 Å². The van der Waals surface area contributed by atoms with E-state index in [-0.39, 0.29) is 18.6 Å². The highest BCUT2D eigenvalue weighted by atomic mass is 16.5. The molecule has 0 radical (unpaired) electrons. The van der Waals surface area contributed by atoms with Crippen LogP contribution in [0.2, 0.25) is 0 Å². The van der Waals surface area contributed by atoms with E-state index >= 15 is 0 Å². The summed E-state index contributed by atoms with van der Waals surface area (Å²) in [4.78, 5) is 14.0. The van der Waals surface area contributed by atoms with Crippen molar-refractivity contribution in [2.75, 3.05) is 31.1 Å². The van der Waals surface area contributed by atoms with E-state index in [1.165, 1.54) is 5.56 Å². The van der Waals surface area contributed by atoms with Gasteiger partial charge in [-0.25, -0.2) is 0 Å². The van der Waals surface area contributed by atoms with Gasteiger partial charge in [-0.05, 0) is 50.9 Å². The van der Waals surface area contributed by atoms with Crippen molar-refractivity contribution < 1.29 is 9.53 Å². The third-order valence-electron chi connectivity index (χ3n) is 4.34. The normalized spacial score (nSPS) is 24.9. The molecule has 1 unspecified atom stereocenters. The maximum atomic E-state index is 12.1. The van der Waals surface area contributed by atoms with Crippen LogP contribution >= 0.6 is 0 Å². The van der Waals surface area contributed by atoms with Gasteiger partial charge in [-0.15, -0.1) is 0 Å². The lowest BCUT2D eigenvalue weighted by Crippen LogP contribution is -2.51. The Balaban J connectivity index is 1.72. The van der Waals surface area contributed by atoms with Crippen LogP contribution in [0.25, 0.3) is 0 Å². The Kier molecular flexibility index (Phi) is 4.03. The summed E-state index contributed by atoms with van der Waals surface area (Å²) in [5, 5.41) is 3.38. The molecule has 2 saturated heterocycles. The van der Waals surface area contributed by atoms with Crippen LogP contribution in [0, 0.1) is 12.8 Å². The highest BCUT2D eigenvalue weighted by Gasteiger charge is 2.33. The number of carbonyl (C=O) groups excluding carboxylic acids is 1. The second-order valence-corrected chi connectivity index (χ2v) is 5.78. The van der Waals surface area contributed by atoms with Crippen molar-refractivity contribution in [2.45, 2.75) is 25.9 Å². The average Bonchev–Trinajstić information content (AvgIpc) is 2.50. The lowest BCUT2D eigenvalue weighted by atomic mass is 9.91. The second kappa shape index (κ2) is 5.94. The van der Waals surface area contributed by atoms with E-state index in [1.807, 2.05) is 17.0 Å². The summed E-state index contributed by atoms with van der Waals surface area (Å²) < 4.78 is 5.79. The highest BCUT2D eigenvalue weighted by molar-refractivity contribution is 5.95. The van der Waals surface area contributed by atoms with Gasteiger partial charge in [-0.2, -0.15) is 0 Å². The number of benzene rings is 1. The lowest BCUT2D eigenvalue weighted by molar-refractivity contribution is -0.131. The molecule has 1 atom stereocenters. The summed E-state index contributed by atoms with van der Waals surface area (Å²) in [7, 11) is 0. The fraction of sp³-hybridized carbons (Fsp3) is 0.562. The molecule has 0 bridgehead atoms. The molecule has 108 valence electrons. The SMILES string of the molecule is Cc1ccc(N2CC(C3CCNCC3)OCC2=O)cc1. The molecule has 4 nitrogen and oxygen atoms in total. The van der Waals surface area contributed by atoms with E-state index in [4.69, 9.17) is 4.74 Å². The number of hydrogen-bond acceptors (Lipinski definition) is 3. The monoisotopic (exact) mass is 274 g/mol. The van der Waals surface area contributed by atoms with E-state index in [2.05, 4.69) is 24.4 Å². The Morgan fingerprint density at radius 2 is 1.90 bits per heavy atom. The van der Waals surface area contributed by atoms with Crippen molar-refractivity contribution in [3.63, 3.8) is 0 Å². The first-order chi connectivity index (χ1) is 9.74. The molecule has 2 heterocycles. The Hall–Kier alpha value is -1.39. The minimum absolute atomic E-state index is 0.0686. The lowest BCUT2D eigenvalue weighted by Gasteiger charge is -2.38. The van der Waals surface area contributed by atoms with Crippen molar-refractivity contribution in [2.24, 2.45) is 5.92 Å². The fourth-order valence-electron chi connectivity index (χ4n) is 3.07. The molecule has 4 heteroatoms. The van der Waals surface area contributed by atoms with E-state index in [1.54, 1.807) is 0 Å². The number of rotatable bonds is 2. The number of morpholine rings is 1. The second-order valence-electron chi connectivity index (χ2n) is 5.78. The van der Waals surface area contributed by atoms with Gasteiger partial charge in [0.1, 0.15) is 6.61 Å². The molecule has 0 aromatic heterocycles. The van der Waals surface area contributed by atoms with Crippen LogP contribution in [-0.2, 0) is 9.53 Å². The summed E-state index contributed by atoms with van der Waals surface area (Å²) in [5.41, 5.74) is 2.20. The predicted octanol–water partition coefficient (Wildman–Crippen LogP) is 1.73. The highest BCUT2D eigenvalue weighted by Crippen LogP contribution is 2.26. The van der Waals surface area contributed by atoms with Crippen LogP contribution in [-0.4, -0.2) is 38.3 Å². The molecule has 1 aromatic rings. The van der Waals surface area contributed by atoms with Crippen LogP contribution < -0.4 is 10.2 Å². The number of ether oxygens (including phenoxy) is 1. The maximum absolute atomic E-state index is 12.1. The largest absolute Gasteiger partial charge is 0.366 e. The summed E-state index contributed by atoms with van der Waals surface area (Å²) >= 11 is 0. The number of anilines is 1. The van der Waals surface area contributed by atoms with Crippen LogP contribution in [0.3, 0.4) is 0 Å². The quantitative estimate of drug-likeness (QED) is 0.893. The topological polar surface area (TPSA) is 41.6 Å². The minimum atomic E-state index is 0.0686. The number of amides is 1. The Bertz CT molecular complexity index is 466. The molecule has 1 N–H and O–H groups in total. The smallest absolute Gasteiger partial charge is 0.253 e. The molecule has 2 aliphatic rings. The van der Waals surface area contributed by atoms with Gasteiger partial charge in [0.05, 0.1) is 12.6 Å². The maximum Gasteiger partial charge on any atom is 0.253 e. The molecular formula is C16H22N2O2. The van der Waals surface area contributed by atoms with Gasteiger partial charge in [-0.3, -0.25) is 4.79 Å². The standard InChI is InChI=1S/C16H22N2O2/c1-12-2-4-14(5-3-12)18-10-15(20-11-16(18)19)13-6-8-17-9-7-13/h2-5,13,15,17H,6-11H2,1H3. The Labute approximate surface area is 120 Å². The zero-order valence-corrected chi connectivity index (χ0v) is 12.0. The number of nitrogens with zero attached hydrogens (tertiary/aromatic N) is 1. The number of nitrogens with one attached hydrogen (secondary N) is 1. The molecule has 20 heavy (non-hydrogen) atoms. The molecule has 0 aliphatic carbocycles. The molecule has 2 aliphatic heterocycles. The zero-order chi connectivity index (χ0) is 13.9. The van der Waals surface area contributed by atoms with E-state index < -0.39 is 0 Å². The van der Waals surface area contributed by atoms with Crippen molar-refractivity contribution in [1.29, 1.82) is 0 Å². The van der Waals surface area contributed by atoms with Gasteiger partial charge < -0.3 is 15.0 Å². The number of piperidine rings is 1. The van der Waals surface area contributed by atoms with Gasteiger partial charge in [0.25, 0.3) is 5.91 Å². The van der Waals surface area contributed by atoms with E-state index in [9.17, 15) is 4.79 Å². The third-order valence-corrected chi connectivity index (χ3v) is 4.34. The predicted molar refractivity (Wildman–Crippen MR) is 78.9 cm³/mol. The summed E-state index contributed by atoms with van der Waals surface area (Å²) in [6.45, 7) is 5.07. The van der Waals surface area contributed by atoms with Crippen LogP contribution in [0.15, 0.2) is 24.3 Å². The first-order valence-electron chi connectivity index (χ1n) is 7.43. The third kappa shape index (κ3) is 2.86. The van der Waals surface area contributed by atoms with Gasteiger partial charge in [0.2, 0.25) is 0 Å². The van der Waals surface area contributed by atoms with Crippen molar-refractivity contribution in [1.82, 2.24) is 5.32 Å². The summed E-state index contributed by atoms with van der Waals surface area (Å²) in [6.07, 6.45) is 2.46. The molecule has 1 amide bonds. The number of aryl methyl sites for hydroxylation is 1. The van der Waals surface area contributed by atoms with E-state index in [0.29, 0.717) is 12.5 Å². The van der Waals surface area contributed by atoms with Crippen LogP contribution in [0.5, 0.6) is 0 Å². The molecule has 2 fully saturated rings. The first kappa shape index (κ1) is 13.6. The summed E-state index contributed by atoms with van der Waals surface area (Å²) in [6, 6.07) is 8.16. The van der Waals surface area contributed by atoms with Crippen LogP contribution in [0.4, 0.5) is 5.69 Å². The number of carbonyl (C=O) groups is 1. The van der Waals surface area contributed by atoms with Crippen molar-refractivity contribution >= 4 is 11.6 Å². The summed E-state index contributed by atoms with van der Waals surface area (Å²) in [5.74, 6) is 0.635. The zero-order valence-electron chi connectivity index (χ0n) is 12.0. The van der Waals surface area contributed by atoms with Crippen molar-refractivity contribution in [3.8, 4) is 0 Å². The van der Waals surface area contributed by atoms with Gasteiger partial charge in [0, 0.05) is 5.69 Å². The fourth-order valence-corrected chi connectivity index (χ4v) is 3.07. The molecule has 3 rings (SSSR count). The van der Waals surface area contributed by atoms with Crippen LogP contribution in [0.1, 0.15) is 18.4 Å². The minimum Gasteiger partial charge on any atom is -0.366 e. The first-order valence-corrected chi connectivity index (χ1v) is 7.43. The molecule has 0 saturated carbocycles. The molecular weight excluding hydrogens is 252 g/mol. The molecule has 1 aromatic carbocycles. The Morgan fingerprint density at radius 3 is 2.60 bits per heavy atom. The Morgan fingerprint density at radius 1 is 1.20 bits per heavy atom. The average molecular weight is 274 g/mol. The van der Waals surface area contributed by atoms with Crippen molar-refractivity contribution in [3.05, 3.63) is 29.8 Å². The van der Waals surface area contributed by atoms with Gasteiger partial charge in [-0.1, -0.05) is 17.7 Å². The van der Waals surface area contributed by atoms with Gasteiger partial charge >= 0.3 is 0 Å². The van der Waals surface area contributed by atoms with Gasteiger partial charge in [0.15, 0.2) is 0 Å². The molecule has 0 spiro atoms. The number of hydrogen-bond donors (Lipinski definition) is 1.